The van der Waals surface area contributed by atoms with Crippen LogP contribution in [0.2, 0.25) is 0 Å². The van der Waals surface area contributed by atoms with Crippen LogP contribution >= 0.6 is 15.9 Å². The Hall–Kier alpha value is -2.41. The highest BCUT2D eigenvalue weighted by molar-refractivity contribution is 9.09. The van der Waals surface area contributed by atoms with Gasteiger partial charge in [-0.15, -0.1) is 0 Å². The third kappa shape index (κ3) is 4.36. The van der Waals surface area contributed by atoms with Gasteiger partial charge < -0.3 is 9.47 Å². The van der Waals surface area contributed by atoms with E-state index in [2.05, 4.69) is 15.9 Å². The molecule has 0 aliphatic heterocycles. The third-order valence-electron chi connectivity index (χ3n) is 3.67. The van der Waals surface area contributed by atoms with Crippen molar-refractivity contribution in [3.05, 3.63) is 57.6 Å². The molecule has 2 rings (SSSR count). The van der Waals surface area contributed by atoms with E-state index in [1.54, 1.807) is 38.3 Å². The van der Waals surface area contributed by atoms with Crippen molar-refractivity contribution in [3.63, 3.8) is 0 Å². The molecule has 0 aliphatic rings. The Kier molecular flexibility index (Phi) is 6.52. The maximum Gasteiger partial charge on any atom is 0.338 e. The molecule has 0 unspecified atom stereocenters. The van der Waals surface area contributed by atoms with Crippen LogP contribution in [0.1, 0.15) is 22.8 Å². The zero-order valence-corrected chi connectivity index (χ0v) is 15.5. The van der Waals surface area contributed by atoms with E-state index in [4.69, 9.17) is 9.47 Å². The van der Waals surface area contributed by atoms with E-state index in [-0.39, 0.29) is 17.9 Å². The van der Waals surface area contributed by atoms with Gasteiger partial charge in [-0.2, -0.15) is 0 Å². The lowest BCUT2D eigenvalue weighted by atomic mass is 9.95. The van der Waals surface area contributed by atoms with Gasteiger partial charge in [0.1, 0.15) is 5.75 Å². The highest BCUT2D eigenvalue weighted by Crippen LogP contribution is 2.35. The number of benzene rings is 2. The first-order valence-electron chi connectivity index (χ1n) is 7.70. The molecule has 0 aromatic heterocycles. The molecule has 0 amide bonds. The molecule has 0 saturated heterocycles. The minimum absolute atomic E-state index is 0.133. The number of methoxy groups -OCH3 is 1. The molecule has 7 heteroatoms. The first-order chi connectivity index (χ1) is 12.0. The number of halogens is 1. The van der Waals surface area contributed by atoms with Gasteiger partial charge in [-0.05, 0) is 48.7 Å². The SMILES string of the molecule is CCOC(=O)c1ccc(-c2ccc(OC)cc2CCBr)c([N+](=O)[O-])c1. The standard InChI is InChI=1S/C18H18BrNO5/c1-3-25-18(21)13-4-6-16(17(11-13)20(22)23)15-7-5-14(24-2)10-12(15)8-9-19/h4-7,10-11H,3,8-9H2,1-2H3. The van der Waals surface area contributed by atoms with Gasteiger partial charge in [0.2, 0.25) is 0 Å². The number of nitrogens with zero attached hydrogens (tertiary/aromatic N) is 1. The highest BCUT2D eigenvalue weighted by atomic mass is 79.9. The lowest BCUT2D eigenvalue weighted by molar-refractivity contribution is -0.384. The van der Waals surface area contributed by atoms with Gasteiger partial charge in [0.25, 0.3) is 5.69 Å². The van der Waals surface area contributed by atoms with Gasteiger partial charge in [0, 0.05) is 11.4 Å². The second kappa shape index (κ2) is 8.62. The molecule has 132 valence electrons. The van der Waals surface area contributed by atoms with E-state index in [1.807, 2.05) is 6.07 Å². The number of carbonyl (C=O) groups excluding carboxylic acids is 1. The molecule has 0 spiro atoms. The number of hydrogen-bond donors (Lipinski definition) is 0. The van der Waals surface area contributed by atoms with E-state index in [0.717, 1.165) is 11.1 Å². The first kappa shape index (κ1) is 18.9. The molecule has 0 bridgehead atoms. The van der Waals surface area contributed by atoms with Crippen molar-refractivity contribution in [3.8, 4) is 16.9 Å². The molecule has 2 aromatic carbocycles. The third-order valence-corrected chi connectivity index (χ3v) is 4.07. The number of esters is 1. The molecule has 25 heavy (non-hydrogen) atoms. The number of alkyl halides is 1. The summed E-state index contributed by atoms with van der Waals surface area (Å²) in [4.78, 5) is 22.9. The molecule has 0 fully saturated rings. The molecule has 0 saturated carbocycles. The first-order valence-corrected chi connectivity index (χ1v) is 8.82. The van der Waals surface area contributed by atoms with Crippen LogP contribution in [0, 0.1) is 10.1 Å². The Morgan fingerprint density at radius 1 is 1.20 bits per heavy atom. The molecule has 0 heterocycles. The highest BCUT2D eigenvalue weighted by Gasteiger charge is 2.21. The number of nitro benzene ring substituents is 1. The fourth-order valence-corrected chi connectivity index (χ4v) is 2.95. The topological polar surface area (TPSA) is 78.7 Å². The van der Waals surface area contributed by atoms with Crippen LogP contribution in [-0.2, 0) is 11.2 Å². The molecular weight excluding hydrogens is 390 g/mol. The second-order valence-electron chi connectivity index (χ2n) is 5.17. The average molecular weight is 408 g/mol. The number of aryl methyl sites for hydroxylation is 1. The predicted octanol–water partition coefficient (Wildman–Crippen LogP) is 4.38. The van der Waals surface area contributed by atoms with Gasteiger partial charge in [0.15, 0.2) is 0 Å². The number of rotatable bonds is 7. The molecule has 0 radical (unpaired) electrons. The second-order valence-corrected chi connectivity index (χ2v) is 5.96. The summed E-state index contributed by atoms with van der Waals surface area (Å²) in [6.45, 7) is 1.90. The van der Waals surface area contributed by atoms with Crippen molar-refractivity contribution in [2.75, 3.05) is 19.0 Å². The number of carbonyl (C=O) groups is 1. The summed E-state index contributed by atoms with van der Waals surface area (Å²) < 4.78 is 10.2. The molecular formula is C18H18BrNO5. The number of nitro groups is 1. The van der Waals surface area contributed by atoms with Crippen molar-refractivity contribution in [2.45, 2.75) is 13.3 Å². The Labute approximate surface area is 154 Å². The van der Waals surface area contributed by atoms with Crippen molar-refractivity contribution in [2.24, 2.45) is 0 Å². The lowest BCUT2D eigenvalue weighted by Crippen LogP contribution is -2.06. The Bertz CT molecular complexity index is 791. The van der Waals surface area contributed by atoms with Gasteiger partial charge in [-0.3, -0.25) is 10.1 Å². The van der Waals surface area contributed by atoms with E-state index < -0.39 is 10.9 Å². The Morgan fingerprint density at radius 3 is 2.52 bits per heavy atom. The summed E-state index contributed by atoms with van der Waals surface area (Å²) in [5.41, 5.74) is 2.14. The van der Waals surface area contributed by atoms with Crippen LogP contribution in [0.15, 0.2) is 36.4 Å². The van der Waals surface area contributed by atoms with Crippen LogP contribution in [0.4, 0.5) is 5.69 Å². The Morgan fingerprint density at radius 2 is 1.92 bits per heavy atom. The minimum Gasteiger partial charge on any atom is -0.497 e. The number of hydrogen-bond acceptors (Lipinski definition) is 5. The molecule has 0 aliphatic carbocycles. The summed E-state index contributed by atoms with van der Waals surface area (Å²) in [5, 5.41) is 12.2. The molecule has 6 nitrogen and oxygen atoms in total. The zero-order chi connectivity index (χ0) is 18.4. The van der Waals surface area contributed by atoms with E-state index in [1.165, 1.54) is 6.07 Å². The minimum atomic E-state index is -0.576. The van der Waals surface area contributed by atoms with Crippen molar-refractivity contribution in [1.29, 1.82) is 0 Å². The van der Waals surface area contributed by atoms with Gasteiger partial charge in [-0.25, -0.2) is 4.79 Å². The number of ether oxygens (including phenoxy) is 2. The maximum absolute atomic E-state index is 11.9. The smallest absolute Gasteiger partial charge is 0.338 e. The van der Waals surface area contributed by atoms with E-state index in [9.17, 15) is 14.9 Å². The van der Waals surface area contributed by atoms with Crippen molar-refractivity contribution < 1.29 is 19.2 Å². The lowest BCUT2D eigenvalue weighted by Gasteiger charge is -2.12. The van der Waals surface area contributed by atoms with Gasteiger partial charge in [-0.1, -0.05) is 22.0 Å². The summed E-state index contributed by atoms with van der Waals surface area (Å²) in [6, 6.07) is 9.81. The fourth-order valence-electron chi connectivity index (χ4n) is 2.52. The van der Waals surface area contributed by atoms with Crippen LogP contribution < -0.4 is 4.74 Å². The summed E-state index contributed by atoms with van der Waals surface area (Å²) in [6.07, 6.45) is 0.684. The normalized spacial score (nSPS) is 10.4. The molecule has 2 aromatic rings. The van der Waals surface area contributed by atoms with Crippen LogP contribution in [0.3, 0.4) is 0 Å². The average Bonchev–Trinajstić information content (AvgIpc) is 2.61. The predicted molar refractivity (Wildman–Crippen MR) is 98.5 cm³/mol. The molecule has 0 N–H and O–H groups in total. The molecule has 0 atom stereocenters. The van der Waals surface area contributed by atoms with Gasteiger partial charge >= 0.3 is 5.97 Å². The summed E-state index contributed by atoms with van der Waals surface area (Å²) >= 11 is 3.40. The van der Waals surface area contributed by atoms with E-state index >= 15 is 0 Å². The fraction of sp³-hybridized carbons (Fsp3) is 0.278. The largest absolute Gasteiger partial charge is 0.497 e. The van der Waals surface area contributed by atoms with Crippen LogP contribution in [-0.4, -0.2) is 29.9 Å². The van der Waals surface area contributed by atoms with Crippen LogP contribution in [0.25, 0.3) is 11.1 Å². The van der Waals surface area contributed by atoms with Crippen LogP contribution in [0.5, 0.6) is 5.75 Å². The Balaban J connectivity index is 2.58. The van der Waals surface area contributed by atoms with E-state index in [0.29, 0.717) is 23.1 Å². The maximum atomic E-state index is 11.9. The monoisotopic (exact) mass is 407 g/mol. The van der Waals surface area contributed by atoms with Crippen molar-refractivity contribution >= 4 is 27.6 Å². The quantitative estimate of drug-likeness (QED) is 0.294. The van der Waals surface area contributed by atoms with Gasteiger partial charge in [0.05, 0.1) is 29.8 Å². The summed E-state index contributed by atoms with van der Waals surface area (Å²) in [5.74, 6) is 0.109. The van der Waals surface area contributed by atoms with Crippen molar-refractivity contribution in [1.82, 2.24) is 0 Å². The summed E-state index contributed by atoms with van der Waals surface area (Å²) in [7, 11) is 1.57. The zero-order valence-electron chi connectivity index (χ0n) is 14.0.